The minimum Gasteiger partial charge on any atom is -0.494 e. The first kappa shape index (κ1) is 17.0. The summed E-state index contributed by atoms with van der Waals surface area (Å²) >= 11 is 0. The number of hydrogen-bond acceptors (Lipinski definition) is 3. The maximum absolute atomic E-state index is 5.92. The van der Waals surface area contributed by atoms with Crippen molar-refractivity contribution >= 4 is 5.69 Å². The van der Waals surface area contributed by atoms with Crippen LogP contribution in [0.2, 0.25) is 0 Å². The molecule has 0 saturated heterocycles. The van der Waals surface area contributed by atoms with Gasteiger partial charge in [-0.25, -0.2) is 0 Å². The van der Waals surface area contributed by atoms with Gasteiger partial charge in [-0.2, -0.15) is 0 Å². The van der Waals surface area contributed by atoms with Crippen LogP contribution in [0.3, 0.4) is 0 Å². The first-order valence-electron chi connectivity index (χ1n) is 9.63. The van der Waals surface area contributed by atoms with Crippen LogP contribution in [0.15, 0.2) is 54.6 Å². The highest BCUT2D eigenvalue weighted by molar-refractivity contribution is 5.62. The Hall–Kier alpha value is -2.42. The van der Waals surface area contributed by atoms with Gasteiger partial charge in [-0.15, -0.1) is 0 Å². The zero-order chi connectivity index (χ0) is 18.1. The molecule has 2 aliphatic rings. The van der Waals surface area contributed by atoms with Crippen LogP contribution in [0.25, 0.3) is 0 Å². The van der Waals surface area contributed by atoms with Gasteiger partial charge in [0.25, 0.3) is 0 Å². The number of benzene rings is 2. The highest BCUT2D eigenvalue weighted by atomic mass is 16.5. The van der Waals surface area contributed by atoms with Crippen molar-refractivity contribution < 1.29 is 9.47 Å². The highest BCUT2D eigenvalue weighted by Gasteiger charge is 2.39. The molecule has 0 spiro atoms. The molecular formula is C23H27NO2. The molecule has 3 atom stereocenters. The number of ether oxygens (including phenoxy) is 2. The molecule has 4 rings (SSSR count). The molecule has 0 amide bonds. The number of nitrogens with one attached hydrogen (secondary N) is 1. The monoisotopic (exact) mass is 349 g/mol. The summed E-state index contributed by atoms with van der Waals surface area (Å²) in [6.07, 6.45) is 5.95. The molecular weight excluding hydrogens is 322 g/mol. The van der Waals surface area contributed by atoms with E-state index in [1.165, 1.54) is 16.8 Å². The Labute approximate surface area is 156 Å². The zero-order valence-corrected chi connectivity index (χ0v) is 15.7. The predicted octanol–water partition coefficient (Wildman–Crippen LogP) is 5.70. The van der Waals surface area contributed by atoms with E-state index in [2.05, 4.69) is 67.7 Å². The molecule has 1 N–H and O–H groups in total. The fraction of sp³-hybridized carbons (Fsp3) is 0.391. The third-order valence-corrected chi connectivity index (χ3v) is 5.26. The van der Waals surface area contributed by atoms with Gasteiger partial charge >= 0.3 is 0 Å². The Bertz CT molecular complexity index is 812. The maximum Gasteiger partial charge on any atom is 0.124 e. The van der Waals surface area contributed by atoms with Crippen LogP contribution < -0.4 is 14.8 Å². The van der Waals surface area contributed by atoms with Crippen molar-refractivity contribution in [3.05, 3.63) is 65.7 Å². The van der Waals surface area contributed by atoms with Gasteiger partial charge in [-0.1, -0.05) is 30.4 Å². The third kappa shape index (κ3) is 3.07. The molecule has 3 heteroatoms. The minimum absolute atomic E-state index is 0.185. The Kier molecular flexibility index (Phi) is 4.62. The van der Waals surface area contributed by atoms with Crippen molar-refractivity contribution in [1.29, 1.82) is 0 Å². The fourth-order valence-corrected chi connectivity index (χ4v) is 4.25. The zero-order valence-electron chi connectivity index (χ0n) is 15.7. The van der Waals surface area contributed by atoms with Crippen molar-refractivity contribution in [2.24, 2.45) is 5.92 Å². The standard InChI is InChI=1S/C23H27NO2/c1-4-25-22-11-6-5-8-19(22)23-18-10-7-9-17(18)20-14-16(26-15(2)3)12-13-21(20)24-23/h5-9,11-15,17-18,23-24H,4,10H2,1-3H3. The maximum atomic E-state index is 5.92. The largest absolute Gasteiger partial charge is 0.494 e. The number of fused-ring (bicyclic) bond motifs is 3. The number of para-hydroxylation sites is 1. The molecule has 0 radical (unpaired) electrons. The van der Waals surface area contributed by atoms with Gasteiger partial charge in [-0.3, -0.25) is 0 Å². The average molecular weight is 349 g/mol. The van der Waals surface area contributed by atoms with E-state index in [0.29, 0.717) is 18.4 Å². The first-order valence-corrected chi connectivity index (χ1v) is 9.63. The Morgan fingerprint density at radius 1 is 1.12 bits per heavy atom. The topological polar surface area (TPSA) is 30.5 Å². The van der Waals surface area contributed by atoms with Crippen LogP contribution in [0, 0.1) is 5.92 Å². The summed E-state index contributed by atoms with van der Waals surface area (Å²) in [4.78, 5) is 0. The minimum atomic E-state index is 0.185. The summed E-state index contributed by atoms with van der Waals surface area (Å²) < 4.78 is 11.8. The molecule has 3 unspecified atom stereocenters. The van der Waals surface area contributed by atoms with E-state index >= 15 is 0 Å². The number of anilines is 1. The summed E-state index contributed by atoms with van der Waals surface area (Å²) in [5.41, 5.74) is 3.79. The summed E-state index contributed by atoms with van der Waals surface area (Å²) in [5, 5.41) is 3.79. The second-order valence-corrected chi connectivity index (χ2v) is 7.36. The Balaban J connectivity index is 1.72. The molecule has 2 aromatic carbocycles. The quantitative estimate of drug-likeness (QED) is 0.703. The van der Waals surface area contributed by atoms with E-state index in [4.69, 9.17) is 9.47 Å². The molecule has 0 fully saturated rings. The smallest absolute Gasteiger partial charge is 0.124 e. The highest BCUT2D eigenvalue weighted by Crippen LogP contribution is 2.51. The molecule has 0 bridgehead atoms. The first-order chi connectivity index (χ1) is 12.7. The second-order valence-electron chi connectivity index (χ2n) is 7.36. The predicted molar refractivity (Wildman–Crippen MR) is 106 cm³/mol. The van der Waals surface area contributed by atoms with E-state index in [-0.39, 0.29) is 12.1 Å². The summed E-state index contributed by atoms with van der Waals surface area (Å²) in [5.74, 6) is 2.86. The van der Waals surface area contributed by atoms with Crippen molar-refractivity contribution in [3.63, 3.8) is 0 Å². The lowest BCUT2D eigenvalue weighted by Gasteiger charge is -2.38. The lowest BCUT2D eigenvalue weighted by Crippen LogP contribution is -2.29. The van der Waals surface area contributed by atoms with E-state index in [0.717, 1.165) is 17.9 Å². The number of hydrogen-bond donors (Lipinski definition) is 1. The Morgan fingerprint density at radius 3 is 2.77 bits per heavy atom. The van der Waals surface area contributed by atoms with E-state index in [1.807, 2.05) is 13.0 Å². The molecule has 1 aliphatic heterocycles. The van der Waals surface area contributed by atoms with Gasteiger partial charge in [0.2, 0.25) is 0 Å². The van der Waals surface area contributed by atoms with E-state index < -0.39 is 0 Å². The van der Waals surface area contributed by atoms with Crippen molar-refractivity contribution in [1.82, 2.24) is 0 Å². The summed E-state index contributed by atoms with van der Waals surface area (Å²) in [6, 6.07) is 15.1. The van der Waals surface area contributed by atoms with Crippen LogP contribution in [0.5, 0.6) is 11.5 Å². The molecule has 0 saturated carbocycles. The average Bonchev–Trinajstić information content (AvgIpc) is 3.12. The number of rotatable bonds is 5. The third-order valence-electron chi connectivity index (χ3n) is 5.26. The molecule has 1 aliphatic carbocycles. The van der Waals surface area contributed by atoms with Crippen LogP contribution in [0.1, 0.15) is 50.3 Å². The van der Waals surface area contributed by atoms with Gasteiger partial charge in [0.05, 0.1) is 18.8 Å². The van der Waals surface area contributed by atoms with Crippen molar-refractivity contribution in [2.45, 2.75) is 45.3 Å². The number of allylic oxidation sites excluding steroid dienone is 2. The molecule has 26 heavy (non-hydrogen) atoms. The van der Waals surface area contributed by atoms with Gasteiger partial charge in [0.15, 0.2) is 0 Å². The molecule has 2 aromatic rings. The van der Waals surface area contributed by atoms with Gasteiger partial charge in [-0.05, 0) is 62.9 Å². The van der Waals surface area contributed by atoms with Gasteiger partial charge in [0, 0.05) is 17.2 Å². The van der Waals surface area contributed by atoms with Gasteiger partial charge in [0.1, 0.15) is 11.5 Å². The summed E-state index contributed by atoms with van der Waals surface area (Å²) in [6.45, 7) is 6.85. The fourth-order valence-electron chi connectivity index (χ4n) is 4.25. The van der Waals surface area contributed by atoms with Crippen LogP contribution in [0.4, 0.5) is 5.69 Å². The molecule has 0 aromatic heterocycles. The van der Waals surface area contributed by atoms with Crippen LogP contribution in [-0.4, -0.2) is 12.7 Å². The SMILES string of the molecule is CCOc1ccccc1C1Nc2ccc(OC(C)C)cc2C2C=CCC21. The molecule has 136 valence electrons. The van der Waals surface area contributed by atoms with Gasteiger partial charge < -0.3 is 14.8 Å². The van der Waals surface area contributed by atoms with Crippen molar-refractivity contribution in [2.75, 3.05) is 11.9 Å². The lowest BCUT2D eigenvalue weighted by atomic mass is 9.77. The lowest BCUT2D eigenvalue weighted by molar-refractivity contribution is 0.242. The Morgan fingerprint density at radius 2 is 1.96 bits per heavy atom. The summed E-state index contributed by atoms with van der Waals surface area (Å²) in [7, 11) is 0. The van der Waals surface area contributed by atoms with Crippen LogP contribution >= 0.6 is 0 Å². The molecule has 1 heterocycles. The van der Waals surface area contributed by atoms with Crippen molar-refractivity contribution in [3.8, 4) is 11.5 Å². The second kappa shape index (κ2) is 7.06. The van der Waals surface area contributed by atoms with E-state index in [9.17, 15) is 0 Å². The van der Waals surface area contributed by atoms with Crippen LogP contribution in [-0.2, 0) is 0 Å². The normalized spacial score (nSPS) is 23.3. The molecule has 3 nitrogen and oxygen atoms in total. The van der Waals surface area contributed by atoms with E-state index in [1.54, 1.807) is 0 Å².